The predicted molar refractivity (Wildman–Crippen MR) is 85.0 cm³/mol. The van der Waals surface area contributed by atoms with E-state index in [1.54, 1.807) is 42.5 Å². The SMILES string of the molecule is CC(C)COC(=O)c1ccccc1.O=C(O)c1ccccc1. The van der Waals surface area contributed by atoms with Crippen LogP contribution >= 0.6 is 0 Å². The number of carboxylic acid groups (broad SMARTS) is 1. The summed E-state index contributed by atoms with van der Waals surface area (Å²) in [6.45, 7) is 4.50. The van der Waals surface area contributed by atoms with Crippen LogP contribution < -0.4 is 0 Å². The van der Waals surface area contributed by atoms with Gasteiger partial charge in [-0.25, -0.2) is 9.59 Å². The van der Waals surface area contributed by atoms with Gasteiger partial charge in [0.1, 0.15) is 0 Å². The first-order valence-corrected chi connectivity index (χ1v) is 7.01. The van der Waals surface area contributed by atoms with Crippen LogP contribution in [0.3, 0.4) is 0 Å². The first-order chi connectivity index (χ1) is 10.5. The summed E-state index contributed by atoms with van der Waals surface area (Å²) in [6.07, 6.45) is 0. The van der Waals surface area contributed by atoms with E-state index in [0.717, 1.165) is 0 Å². The average Bonchev–Trinajstić information content (AvgIpc) is 2.55. The summed E-state index contributed by atoms with van der Waals surface area (Å²) in [4.78, 5) is 21.5. The van der Waals surface area contributed by atoms with Crippen molar-refractivity contribution in [3.63, 3.8) is 0 Å². The van der Waals surface area contributed by atoms with Crippen molar-refractivity contribution < 1.29 is 19.4 Å². The Kier molecular flexibility index (Phi) is 7.40. The van der Waals surface area contributed by atoms with Crippen LogP contribution in [0.5, 0.6) is 0 Å². The molecule has 0 aromatic heterocycles. The van der Waals surface area contributed by atoms with Crippen molar-refractivity contribution in [3.8, 4) is 0 Å². The van der Waals surface area contributed by atoms with Crippen LogP contribution in [0, 0.1) is 5.92 Å². The highest BCUT2D eigenvalue weighted by molar-refractivity contribution is 5.89. The molecule has 0 radical (unpaired) electrons. The van der Waals surface area contributed by atoms with Gasteiger partial charge in [0.2, 0.25) is 0 Å². The number of carboxylic acids is 1. The minimum atomic E-state index is -0.879. The van der Waals surface area contributed by atoms with E-state index < -0.39 is 5.97 Å². The second kappa shape index (κ2) is 9.34. The number of carbonyl (C=O) groups is 2. The van der Waals surface area contributed by atoms with E-state index in [1.165, 1.54) is 0 Å². The molecule has 4 nitrogen and oxygen atoms in total. The molecule has 0 aliphatic carbocycles. The van der Waals surface area contributed by atoms with Gasteiger partial charge in [0.05, 0.1) is 17.7 Å². The molecule has 2 rings (SSSR count). The van der Waals surface area contributed by atoms with Crippen LogP contribution in [0.4, 0.5) is 0 Å². The first-order valence-electron chi connectivity index (χ1n) is 7.01. The molecule has 0 fully saturated rings. The van der Waals surface area contributed by atoms with Crippen LogP contribution in [0.15, 0.2) is 60.7 Å². The normalized spacial score (nSPS) is 9.59. The second-order valence-electron chi connectivity index (χ2n) is 5.03. The van der Waals surface area contributed by atoms with Crippen molar-refractivity contribution in [3.05, 3.63) is 71.8 Å². The summed E-state index contributed by atoms with van der Waals surface area (Å²) in [5.41, 5.74) is 0.945. The lowest BCUT2D eigenvalue weighted by Crippen LogP contribution is -2.09. The first kappa shape index (κ1) is 17.4. The standard InChI is InChI=1S/C11H14O2.C7H6O2/c1-9(2)8-13-11(12)10-6-4-3-5-7-10;8-7(9)6-4-2-1-3-5-6/h3-7,9H,8H2,1-2H3;1-5H,(H,8,9). The lowest BCUT2D eigenvalue weighted by Gasteiger charge is -2.06. The number of carbonyl (C=O) groups excluding carboxylic acids is 1. The third-order valence-electron chi connectivity index (χ3n) is 2.58. The number of benzene rings is 2. The van der Waals surface area contributed by atoms with Gasteiger partial charge in [0.25, 0.3) is 0 Å². The van der Waals surface area contributed by atoms with Crippen LogP contribution in [0.25, 0.3) is 0 Å². The predicted octanol–water partition coefficient (Wildman–Crippen LogP) is 3.88. The van der Waals surface area contributed by atoms with Gasteiger partial charge in [-0.1, -0.05) is 50.2 Å². The van der Waals surface area contributed by atoms with Crippen molar-refractivity contribution in [1.82, 2.24) is 0 Å². The summed E-state index contributed by atoms with van der Waals surface area (Å²) < 4.78 is 5.05. The van der Waals surface area contributed by atoms with E-state index in [9.17, 15) is 9.59 Å². The molecule has 0 amide bonds. The van der Waals surface area contributed by atoms with E-state index in [2.05, 4.69) is 0 Å². The van der Waals surface area contributed by atoms with Gasteiger partial charge in [-0.05, 0) is 30.2 Å². The molecule has 0 aliphatic rings. The fourth-order valence-electron chi connectivity index (χ4n) is 1.48. The molecule has 0 bridgehead atoms. The number of rotatable bonds is 4. The highest BCUT2D eigenvalue weighted by Gasteiger charge is 2.05. The second-order valence-corrected chi connectivity index (χ2v) is 5.03. The summed E-state index contributed by atoms with van der Waals surface area (Å²) >= 11 is 0. The fraction of sp³-hybridized carbons (Fsp3) is 0.222. The Morgan fingerprint density at radius 3 is 1.73 bits per heavy atom. The van der Waals surface area contributed by atoms with Gasteiger partial charge < -0.3 is 9.84 Å². The molecular formula is C18H20O4. The summed E-state index contributed by atoms with van der Waals surface area (Å²) in [5.74, 6) is -0.738. The average molecular weight is 300 g/mol. The van der Waals surface area contributed by atoms with E-state index in [4.69, 9.17) is 9.84 Å². The van der Waals surface area contributed by atoms with E-state index in [-0.39, 0.29) is 5.97 Å². The molecule has 2 aromatic carbocycles. The van der Waals surface area contributed by atoms with Crippen molar-refractivity contribution in [2.24, 2.45) is 5.92 Å². The van der Waals surface area contributed by atoms with Crippen LogP contribution in [0.2, 0.25) is 0 Å². The molecule has 2 aromatic rings. The zero-order valence-electron chi connectivity index (χ0n) is 12.7. The Morgan fingerprint density at radius 1 is 0.909 bits per heavy atom. The lowest BCUT2D eigenvalue weighted by atomic mass is 10.2. The van der Waals surface area contributed by atoms with Crippen LogP contribution in [-0.4, -0.2) is 23.7 Å². The largest absolute Gasteiger partial charge is 0.478 e. The molecule has 0 heterocycles. The van der Waals surface area contributed by atoms with Gasteiger partial charge in [-0.15, -0.1) is 0 Å². The Balaban J connectivity index is 0.000000235. The summed E-state index contributed by atoms with van der Waals surface area (Å²) in [5, 5.41) is 8.38. The van der Waals surface area contributed by atoms with Gasteiger partial charge in [0, 0.05) is 0 Å². The van der Waals surface area contributed by atoms with Crippen LogP contribution in [0.1, 0.15) is 34.6 Å². The topological polar surface area (TPSA) is 63.6 Å². The van der Waals surface area contributed by atoms with Crippen molar-refractivity contribution in [2.75, 3.05) is 6.61 Å². The Hall–Kier alpha value is -2.62. The molecule has 22 heavy (non-hydrogen) atoms. The minimum absolute atomic E-state index is 0.241. The molecule has 0 atom stereocenters. The van der Waals surface area contributed by atoms with Crippen molar-refractivity contribution >= 4 is 11.9 Å². The van der Waals surface area contributed by atoms with Crippen molar-refractivity contribution in [1.29, 1.82) is 0 Å². The van der Waals surface area contributed by atoms with E-state index >= 15 is 0 Å². The Labute approximate surface area is 130 Å². The van der Waals surface area contributed by atoms with E-state index in [0.29, 0.717) is 23.7 Å². The molecule has 4 heteroatoms. The zero-order valence-corrected chi connectivity index (χ0v) is 12.7. The zero-order chi connectivity index (χ0) is 16.4. The monoisotopic (exact) mass is 300 g/mol. The molecule has 0 saturated heterocycles. The number of hydrogen-bond donors (Lipinski definition) is 1. The van der Waals surface area contributed by atoms with Gasteiger partial charge in [-0.3, -0.25) is 0 Å². The van der Waals surface area contributed by atoms with E-state index in [1.807, 2.05) is 32.0 Å². The third-order valence-corrected chi connectivity index (χ3v) is 2.58. The Bertz CT molecular complexity index is 577. The lowest BCUT2D eigenvalue weighted by molar-refractivity contribution is 0.0458. The summed E-state index contributed by atoms with van der Waals surface area (Å²) in [7, 11) is 0. The van der Waals surface area contributed by atoms with Crippen molar-refractivity contribution in [2.45, 2.75) is 13.8 Å². The molecule has 116 valence electrons. The number of esters is 1. The fourth-order valence-corrected chi connectivity index (χ4v) is 1.48. The Morgan fingerprint density at radius 2 is 1.36 bits per heavy atom. The maximum absolute atomic E-state index is 11.3. The molecule has 0 unspecified atom stereocenters. The third kappa shape index (κ3) is 6.70. The molecule has 0 spiro atoms. The molecule has 0 aliphatic heterocycles. The maximum atomic E-state index is 11.3. The quantitative estimate of drug-likeness (QED) is 0.870. The smallest absolute Gasteiger partial charge is 0.338 e. The molecule has 0 saturated carbocycles. The number of ether oxygens (including phenoxy) is 1. The highest BCUT2D eigenvalue weighted by atomic mass is 16.5. The van der Waals surface area contributed by atoms with Gasteiger partial charge in [0.15, 0.2) is 0 Å². The maximum Gasteiger partial charge on any atom is 0.338 e. The van der Waals surface area contributed by atoms with Crippen LogP contribution in [-0.2, 0) is 4.74 Å². The molecular weight excluding hydrogens is 280 g/mol. The highest BCUT2D eigenvalue weighted by Crippen LogP contribution is 2.02. The minimum Gasteiger partial charge on any atom is -0.478 e. The van der Waals surface area contributed by atoms with Gasteiger partial charge >= 0.3 is 11.9 Å². The summed E-state index contributed by atoms with van der Waals surface area (Å²) in [6, 6.07) is 17.3. The number of hydrogen-bond acceptors (Lipinski definition) is 3. The molecule has 1 N–H and O–H groups in total. The van der Waals surface area contributed by atoms with Gasteiger partial charge in [-0.2, -0.15) is 0 Å². The number of aromatic carboxylic acids is 1.